The summed E-state index contributed by atoms with van der Waals surface area (Å²) >= 11 is 1.60. The molecule has 3 rings (SSSR count). The Morgan fingerprint density at radius 3 is 2.89 bits per heavy atom. The first-order chi connectivity index (χ1) is 8.82. The Morgan fingerprint density at radius 2 is 2.17 bits per heavy atom. The summed E-state index contributed by atoms with van der Waals surface area (Å²) in [6.45, 7) is 2.76. The van der Waals surface area contributed by atoms with Crippen LogP contribution in [0.15, 0.2) is 16.8 Å². The molecule has 18 heavy (non-hydrogen) atoms. The number of nitrogens with zero attached hydrogens (tertiary/aromatic N) is 1. The summed E-state index contributed by atoms with van der Waals surface area (Å²) in [4.78, 5) is 14.8. The molecule has 1 saturated heterocycles. The van der Waals surface area contributed by atoms with E-state index in [2.05, 4.69) is 10.2 Å². The van der Waals surface area contributed by atoms with Gasteiger partial charge in [0.25, 0.3) is 5.91 Å². The molecule has 3 nitrogen and oxygen atoms in total. The maximum Gasteiger partial charge on any atom is 0.255 e. The van der Waals surface area contributed by atoms with Crippen molar-refractivity contribution >= 4 is 17.2 Å². The van der Waals surface area contributed by atoms with Crippen molar-refractivity contribution in [2.45, 2.75) is 37.6 Å². The molecule has 4 heteroatoms. The van der Waals surface area contributed by atoms with E-state index < -0.39 is 0 Å². The van der Waals surface area contributed by atoms with Crippen molar-refractivity contribution in [2.75, 3.05) is 19.6 Å². The van der Waals surface area contributed by atoms with E-state index in [1.165, 1.54) is 19.3 Å². The number of carbonyl (C=O) groups excluding carboxylic acids is 1. The highest BCUT2D eigenvalue weighted by Gasteiger charge is 2.42. The SMILES string of the molecule is O=C(c1ccsc1)N1CCNCC12CCCCC2. The second-order valence-electron chi connectivity index (χ2n) is 5.43. The van der Waals surface area contributed by atoms with Gasteiger partial charge >= 0.3 is 0 Å². The molecule has 98 valence electrons. The van der Waals surface area contributed by atoms with Crippen LogP contribution < -0.4 is 5.32 Å². The maximum absolute atomic E-state index is 12.6. The highest BCUT2D eigenvalue weighted by Crippen LogP contribution is 2.35. The molecule has 2 aliphatic rings. The molecule has 1 aromatic rings. The molecule has 1 N–H and O–H groups in total. The number of hydrogen-bond donors (Lipinski definition) is 1. The minimum Gasteiger partial charge on any atom is -0.330 e. The molecule has 2 fully saturated rings. The summed E-state index contributed by atoms with van der Waals surface area (Å²) in [5.74, 6) is 0.236. The molecule has 0 bridgehead atoms. The second kappa shape index (κ2) is 5.02. The number of hydrogen-bond acceptors (Lipinski definition) is 3. The van der Waals surface area contributed by atoms with E-state index in [0.29, 0.717) is 0 Å². The van der Waals surface area contributed by atoms with Crippen LogP contribution in [0.4, 0.5) is 0 Å². The highest BCUT2D eigenvalue weighted by molar-refractivity contribution is 7.08. The first-order valence-electron chi connectivity index (χ1n) is 6.87. The number of amides is 1. The first kappa shape index (κ1) is 12.2. The molecule has 0 unspecified atom stereocenters. The molecule has 0 aromatic carbocycles. The molecule has 1 aromatic heterocycles. The monoisotopic (exact) mass is 264 g/mol. The van der Waals surface area contributed by atoms with E-state index in [1.807, 2.05) is 16.8 Å². The summed E-state index contributed by atoms with van der Waals surface area (Å²) in [6.07, 6.45) is 6.16. The van der Waals surface area contributed by atoms with E-state index in [4.69, 9.17) is 0 Å². The summed E-state index contributed by atoms with van der Waals surface area (Å²) in [5.41, 5.74) is 0.960. The molecule has 2 heterocycles. The third kappa shape index (κ3) is 2.08. The van der Waals surface area contributed by atoms with Gasteiger partial charge in [0.05, 0.1) is 11.1 Å². The van der Waals surface area contributed by atoms with Crippen LogP contribution in [0.1, 0.15) is 42.5 Å². The number of nitrogens with one attached hydrogen (secondary N) is 1. The van der Waals surface area contributed by atoms with Gasteiger partial charge in [0.15, 0.2) is 0 Å². The van der Waals surface area contributed by atoms with Crippen LogP contribution in [0.3, 0.4) is 0 Å². The Bertz CT molecular complexity index is 401. The van der Waals surface area contributed by atoms with Gasteiger partial charge in [0, 0.05) is 25.0 Å². The van der Waals surface area contributed by atoms with Gasteiger partial charge in [-0.25, -0.2) is 0 Å². The minimum absolute atomic E-state index is 0.0928. The van der Waals surface area contributed by atoms with Crippen LogP contribution in [-0.4, -0.2) is 36.0 Å². The summed E-state index contributed by atoms with van der Waals surface area (Å²) in [7, 11) is 0. The van der Waals surface area contributed by atoms with E-state index >= 15 is 0 Å². The second-order valence-corrected chi connectivity index (χ2v) is 6.21. The van der Waals surface area contributed by atoms with Gasteiger partial charge in [-0.3, -0.25) is 4.79 Å². The van der Waals surface area contributed by atoms with Gasteiger partial charge in [-0.2, -0.15) is 11.3 Å². The fourth-order valence-electron chi connectivity index (χ4n) is 3.36. The van der Waals surface area contributed by atoms with Crippen LogP contribution in [0, 0.1) is 0 Å². The Labute approximate surface area is 112 Å². The van der Waals surface area contributed by atoms with E-state index in [9.17, 15) is 4.79 Å². The van der Waals surface area contributed by atoms with Gasteiger partial charge in [0.1, 0.15) is 0 Å². The first-order valence-corrected chi connectivity index (χ1v) is 7.81. The maximum atomic E-state index is 12.6. The summed E-state index contributed by atoms with van der Waals surface area (Å²) < 4.78 is 0. The van der Waals surface area contributed by atoms with Crippen molar-refractivity contribution in [3.8, 4) is 0 Å². The quantitative estimate of drug-likeness (QED) is 0.845. The topological polar surface area (TPSA) is 32.3 Å². The Hall–Kier alpha value is -0.870. The Balaban J connectivity index is 1.85. The zero-order valence-electron chi connectivity index (χ0n) is 10.7. The van der Waals surface area contributed by atoms with Crippen molar-refractivity contribution in [1.82, 2.24) is 10.2 Å². The number of carbonyl (C=O) groups is 1. The van der Waals surface area contributed by atoms with E-state index in [0.717, 1.165) is 38.0 Å². The lowest BCUT2D eigenvalue weighted by Crippen LogP contribution is -2.63. The van der Waals surface area contributed by atoms with E-state index in [-0.39, 0.29) is 11.4 Å². The molecule has 1 amide bonds. The minimum atomic E-state index is 0.0928. The zero-order chi connectivity index (χ0) is 12.4. The third-order valence-corrected chi connectivity index (χ3v) is 5.02. The van der Waals surface area contributed by atoms with Crippen molar-refractivity contribution in [3.05, 3.63) is 22.4 Å². The summed E-state index contributed by atoms with van der Waals surface area (Å²) in [5, 5.41) is 7.45. The van der Waals surface area contributed by atoms with Gasteiger partial charge in [-0.15, -0.1) is 0 Å². The lowest BCUT2D eigenvalue weighted by Gasteiger charge is -2.49. The van der Waals surface area contributed by atoms with Crippen LogP contribution in [-0.2, 0) is 0 Å². The van der Waals surface area contributed by atoms with Crippen molar-refractivity contribution in [3.63, 3.8) is 0 Å². The Kier molecular flexibility index (Phi) is 3.39. The van der Waals surface area contributed by atoms with Crippen molar-refractivity contribution < 1.29 is 4.79 Å². The zero-order valence-corrected chi connectivity index (χ0v) is 11.5. The summed E-state index contributed by atoms with van der Waals surface area (Å²) in [6, 6.07) is 1.95. The van der Waals surface area contributed by atoms with Crippen LogP contribution in [0.2, 0.25) is 0 Å². The lowest BCUT2D eigenvalue weighted by atomic mass is 9.79. The van der Waals surface area contributed by atoms with Gasteiger partial charge in [0.2, 0.25) is 0 Å². The molecular formula is C14H20N2OS. The molecule has 0 radical (unpaired) electrons. The fourth-order valence-corrected chi connectivity index (χ4v) is 3.99. The van der Waals surface area contributed by atoms with Gasteiger partial charge in [-0.1, -0.05) is 19.3 Å². The predicted octanol–water partition coefficient (Wildman–Crippen LogP) is 2.50. The number of piperazine rings is 1. The molecule has 0 atom stereocenters. The standard InChI is InChI=1S/C14H20N2OS/c17-13(12-4-9-18-10-12)16-8-7-15-11-14(16)5-2-1-3-6-14/h4,9-10,15H,1-3,5-8,11H2. The third-order valence-electron chi connectivity index (χ3n) is 4.34. The fraction of sp³-hybridized carbons (Fsp3) is 0.643. The Morgan fingerprint density at radius 1 is 1.33 bits per heavy atom. The van der Waals surface area contributed by atoms with Crippen molar-refractivity contribution in [2.24, 2.45) is 0 Å². The van der Waals surface area contributed by atoms with Crippen LogP contribution in [0.5, 0.6) is 0 Å². The number of thiophene rings is 1. The predicted molar refractivity (Wildman–Crippen MR) is 74.0 cm³/mol. The molecule has 1 saturated carbocycles. The normalized spacial score (nSPS) is 23.2. The molecule has 1 aliphatic heterocycles. The van der Waals surface area contributed by atoms with E-state index in [1.54, 1.807) is 11.3 Å². The average Bonchev–Trinajstić information content (AvgIpc) is 2.93. The van der Waals surface area contributed by atoms with Gasteiger partial charge < -0.3 is 10.2 Å². The van der Waals surface area contributed by atoms with Crippen molar-refractivity contribution in [1.29, 1.82) is 0 Å². The molecule has 1 aliphatic carbocycles. The smallest absolute Gasteiger partial charge is 0.255 e. The largest absolute Gasteiger partial charge is 0.330 e. The average molecular weight is 264 g/mol. The molecular weight excluding hydrogens is 244 g/mol. The lowest BCUT2D eigenvalue weighted by molar-refractivity contribution is 0.0223. The number of rotatable bonds is 1. The van der Waals surface area contributed by atoms with Crippen LogP contribution >= 0.6 is 11.3 Å². The highest BCUT2D eigenvalue weighted by atomic mass is 32.1. The van der Waals surface area contributed by atoms with Crippen LogP contribution in [0.25, 0.3) is 0 Å². The van der Waals surface area contributed by atoms with Gasteiger partial charge in [-0.05, 0) is 24.3 Å². The molecule has 1 spiro atoms.